The van der Waals surface area contributed by atoms with Crippen molar-refractivity contribution in [3.63, 3.8) is 0 Å². The Morgan fingerprint density at radius 2 is 1.97 bits per heavy atom. The molecule has 8 nitrogen and oxygen atoms in total. The minimum absolute atomic E-state index is 0.106. The third-order valence-electron chi connectivity index (χ3n) is 6.45. The second kappa shape index (κ2) is 9.02. The van der Waals surface area contributed by atoms with Gasteiger partial charge in [0.05, 0.1) is 17.2 Å². The normalized spacial score (nSPS) is 24.1. The number of nitrogens with zero attached hydrogens (tertiary/aromatic N) is 3. The highest BCUT2D eigenvalue weighted by atomic mass is 16.3. The Morgan fingerprint density at radius 1 is 1.22 bits per heavy atom. The molecule has 1 saturated carbocycles. The summed E-state index contributed by atoms with van der Waals surface area (Å²) >= 11 is 0. The molecular formula is C24H33N5O3. The number of hydrogen-bond donors (Lipinski definition) is 3. The van der Waals surface area contributed by atoms with E-state index in [1.807, 2.05) is 37.8 Å². The molecule has 3 N–H and O–H groups in total. The van der Waals surface area contributed by atoms with E-state index in [0.29, 0.717) is 36.5 Å². The lowest BCUT2D eigenvalue weighted by Crippen LogP contribution is -2.42. The number of aromatic nitrogens is 2. The lowest BCUT2D eigenvalue weighted by molar-refractivity contribution is -0.131. The van der Waals surface area contributed by atoms with Crippen LogP contribution in [0.2, 0.25) is 0 Å². The molecule has 0 bridgehead atoms. The topological polar surface area (TPSA) is 107 Å². The van der Waals surface area contributed by atoms with Crippen LogP contribution in [0.3, 0.4) is 0 Å². The van der Waals surface area contributed by atoms with Gasteiger partial charge in [-0.05, 0) is 52.5 Å². The number of hydrogen-bond acceptors (Lipinski definition) is 6. The molecule has 0 radical (unpaired) electrons. The molecule has 2 heterocycles. The summed E-state index contributed by atoms with van der Waals surface area (Å²) in [6.07, 6.45) is 5.26. The number of aliphatic hydroxyl groups is 1. The van der Waals surface area contributed by atoms with Gasteiger partial charge in [-0.2, -0.15) is 0 Å². The maximum Gasteiger partial charge on any atom is 0.253 e. The predicted octanol–water partition coefficient (Wildman–Crippen LogP) is 2.72. The molecule has 1 aromatic heterocycles. The third kappa shape index (κ3) is 5.01. The lowest BCUT2D eigenvalue weighted by atomic mass is 9.93. The zero-order valence-electron chi connectivity index (χ0n) is 19.1. The summed E-state index contributed by atoms with van der Waals surface area (Å²) in [5.74, 6) is 0.554. The molecule has 1 aliphatic heterocycles. The highest BCUT2D eigenvalue weighted by Gasteiger charge is 2.36. The minimum atomic E-state index is -0.216. The first-order valence-electron chi connectivity index (χ1n) is 11.5. The Morgan fingerprint density at radius 3 is 2.66 bits per heavy atom. The summed E-state index contributed by atoms with van der Waals surface area (Å²) in [6.45, 7) is 7.20. The summed E-state index contributed by atoms with van der Waals surface area (Å²) < 4.78 is 0. The molecule has 32 heavy (non-hydrogen) atoms. The van der Waals surface area contributed by atoms with Crippen molar-refractivity contribution in [2.75, 3.05) is 18.4 Å². The predicted molar refractivity (Wildman–Crippen MR) is 123 cm³/mol. The Hall–Kier alpha value is -2.74. The maximum absolute atomic E-state index is 13.0. The van der Waals surface area contributed by atoms with Crippen LogP contribution < -0.4 is 10.6 Å². The molecule has 0 spiro atoms. The number of likely N-dealkylation sites (tertiary alicyclic amines) is 1. The fourth-order valence-corrected chi connectivity index (χ4v) is 4.61. The standard InChI is InChI=1S/C24H33N5O3/c1-24(2,3)29-14-15(11-20(29)31)12-25-22(32)19-6-4-5-16-13-26-23(28-21(16)19)27-17-7-9-18(30)10-8-17/h4-6,13,15,17-18,30H,7-12,14H2,1-3H3,(H,25,32)(H,26,27,28)/t15?,17-,18-. The number of fused-ring (bicyclic) bond motifs is 1. The van der Waals surface area contributed by atoms with Crippen LogP contribution in [0.5, 0.6) is 0 Å². The van der Waals surface area contributed by atoms with E-state index in [0.717, 1.165) is 31.1 Å². The van der Waals surface area contributed by atoms with Crippen molar-refractivity contribution in [2.45, 2.75) is 70.6 Å². The van der Waals surface area contributed by atoms with Crippen molar-refractivity contribution < 1.29 is 14.7 Å². The van der Waals surface area contributed by atoms with Gasteiger partial charge in [0.15, 0.2) is 0 Å². The average Bonchev–Trinajstić information content (AvgIpc) is 3.14. The van der Waals surface area contributed by atoms with Crippen molar-refractivity contribution >= 4 is 28.7 Å². The number of aliphatic hydroxyl groups excluding tert-OH is 1. The molecule has 2 fully saturated rings. The van der Waals surface area contributed by atoms with Crippen molar-refractivity contribution in [1.82, 2.24) is 20.2 Å². The fourth-order valence-electron chi connectivity index (χ4n) is 4.61. The number of nitrogens with one attached hydrogen (secondary N) is 2. The number of amides is 2. The van der Waals surface area contributed by atoms with E-state index in [4.69, 9.17) is 0 Å². The molecule has 2 aliphatic rings. The van der Waals surface area contributed by atoms with Gasteiger partial charge in [0.2, 0.25) is 11.9 Å². The first kappa shape index (κ1) is 22.5. The molecule has 2 aromatic rings. The van der Waals surface area contributed by atoms with E-state index in [9.17, 15) is 14.7 Å². The van der Waals surface area contributed by atoms with Crippen LogP contribution in [0.25, 0.3) is 10.9 Å². The van der Waals surface area contributed by atoms with Gasteiger partial charge < -0.3 is 20.6 Å². The molecule has 4 rings (SSSR count). The lowest BCUT2D eigenvalue weighted by Gasteiger charge is -2.32. The van der Waals surface area contributed by atoms with Gasteiger partial charge in [0.25, 0.3) is 5.91 Å². The van der Waals surface area contributed by atoms with E-state index in [1.165, 1.54) is 0 Å². The summed E-state index contributed by atoms with van der Waals surface area (Å²) in [6, 6.07) is 5.72. The van der Waals surface area contributed by atoms with Crippen LogP contribution in [0, 0.1) is 5.92 Å². The van der Waals surface area contributed by atoms with Crippen molar-refractivity contribution in [3.8, 4) is 0 Å². The maximum atomic E-state index is 13.0. The quantitative estimate of drug-likeness (QED) is 0.661. The van der Waals surface area contributed by atoms with Crippen LogP contribution in [0.15, 0.2) is 24.4 Å². The summed E-state index contributed by atoms with van der Waals surface area (Å²) in [5.41, 5.74) is 0.906. The van der Waals surface area contributed by atoms with Gasteiger partial charge in [0, 0.05) is 48.6 Å². The van der Waals surface area contributed by atoms with E-state index in [2.05, 4.69) is 20.6 Å². The summed E-state index contributed by atoms with van der Waals surface area (Å²) in [7, 11) is 0. The minimum Gasteiger partial charge on any atom is -0.393 e. The number of anilines is 1. The van der Waals surface area contributed by atoms with Gasteiger partial charge in [-0.15, -0.1) is 0 Å². The van der Waals surface area contributed by atoms with Gasteiger partial charge in [0.1, 0.15) is 0 Å². The van der Waals surface area contributed by atoms with E-state index >= 15 is 0 Å². The van der Waals surface area contributed by atoms with E-state index in [-0.39, 0.29) is 35.4 Å². The molecule has 1 atom stereocenters. The smallest absolute Gasteiger partial charge is 0.253 e. The highest BCUT2D eigenvalue weighted by Crippen LogP contribution is 2.26. The number of carbonyl (C=O) groups is 2. The zero-order chi connectivity index (χ0) is 22.9. The first-order valence-corrected chi connectivity index (χ1v) is 11.5. The van der Waals surface area contributed by atoms with Gasteiger partial charge in [-0.1, -0.05) is 12.1 Å². The largest absolute Gasteiger partial charge is 0.393 e. The highest BCUT2D eigenvalue weighted by molar-refractivity contribution is 6.05. The van der Waals surface area contributed by atoms with Gasteiger partial charge >= 0.3 is 0 Å². The fraction of sp³-hybridized carbons (Fsp3) is 0.583. The van der Waals surface area contributed by atoms with Crippen LogP contribution in [-0.4, -0.2) is 62.6 Å². The molecule has 1 saturated heterocycles. The molecule has 1 aliphatic carbocycles. The molecule has 1 aromatic carbocycles. The Kier molecular flexibility index (Phi) is 6.33. The summed E-state index contributed by atoms with van der Waals surface area (Å²) in [4.78, 5) is 36.2. The number of carbonyl (C=O) groups excluding carboxylic acids is 2. The van der Waals surface area contributed by atoms with Crippen LogP contribution in [0.4, 0.5) is 5.95 Å². The number of para-hydroxylation sites is 1. The van der Waals surface area contributed by atoms with Crippen LogP contribution in [-0.2, 0) is 4.79 Å². The van der Waals surface area contributed by atoms with Gasteiger partial charge in [-0.3, -0.25) is 9.59 Å². The van der Waals surface area contributed by atoms with Crippen molar-refractivity contribution in [3.05, 3.63) is 30.0 Å². The van der Waals surface area contributed by atoms with E-state index < -0.39 is 0 Å². The van der Waals surface area contributed by atoms with E-state index in [1.54, 1.807) is 12.3 Å². The second-order valence-electron chi connectivity index (χ2n) is 10.0. The van der Waals surface area contributed by atoms with Crippen LogP contribution in [0.1, 0.15) is 63.2 Å². The zero-order valence-corrected chi connectivity index (χ0v) is 19.1. The van der Waals surface area contributed by atoms with Crippen molar-refractivity contribution in [1.29, 1.82) is 0 Å². The average molecular weight is 440 g/mol. The monoisotopic (exact) mass is 439 g/mol. The molecule has 1 unspecified atom stereocenters. The third-order valence-corrected chi connectivity index (χ3v) is 6.45. The Balaban J connectivity index is 1.44. The molecule has 172 valence electrons. The molecular weight excluding hydrogens is 406 g/mol. The second-order valence-corrected chi connectivity index (χ2v) is 10.0. The SMILES string of the molecule is CC(C)(C)N1CC(CNC(=O)c2cccc3cnc(N[C@H]4CC[C@H](O)CC4)nc23)CC1=O. The Labute approximate surface area is 188 Å². The molecule has 2 amide bonds. The molecule has 8 heteroatoms. The summed E-state index contributed by atoms with van der Waals surface area (Å²) in [5, 5.41) is 16.9. The van der Waals surface area contributed by atoms with Crippen molar-refractivity contribution in [2.24, 2.45) is 5.92 Å². The van der Waals surface area contributed by atoms with Crippen LogP contribution >= 0.6 is 0 Å². The number of benzene rings is 1. The van der Waals surface area contributed by atoms with Gasteiger partial charge in [-0.25, -0.2) is 9.97 Å². The Bertz CT molecular complexity index is 995. The first-order chi connectivity index (χ1) is 15.2. The number of rotatable bonds is 5.